The molecule has 2 fully saturated rings. The molecule has 1 aromatic carbocycles. The van der Waals surface area contributed by atoms with Crippen LogP contribution in [0.25, 0.3) is 0 Å². The van der Waals surface area contributed by atoms with Crippen LogP contribution < -0.4 is 16.2 Å². The predicted octanol–water partition coefficient (Wildman–Crippen LogP) is 1.34. The van der Waals surface area contributed by atoms with Gasteiger partial charge in [-0.3, -0.25) is 15.0 Å². The van der Waals surface area contributed by atoms with E-state index < -0.39 is 18.1 Å². The zero-order valence-electron chi connectivity index (χ0n) is 12.5. The van der Waals surface area contributed by atoms with Crippen molar-refractivity contribution in [3.05, 3.63) is 35.9 Å². The third kappa shape index (κ3) is 3.91. The van der Waals surface area contributed by atoms with Crippen molar-refractivity contribution in [2.24, 2.45) is 5.92 Å². The number of hydrogen-bond donors (Lipinski definition) is 4. The largest absolute Gasteiger partial charge is 0.481 e. The Bertz CT molecular complexity index is 579. The third-order valence-corrected chi connectivity index (χ3v) is 5.47. The Labute approximate surface area is 143 Å². The van der Waals surface area contributed by atoms with Crippen molar-refractivity contribution < 1.29 is 14.7 Å². The number of carbonyl (C=O) groups excluding carboxylic acids is 1. The summed E-state index contributed by atoms with van der Waals surface area (Å²) in [4.78, 5) is 23.7. The van der Waals surface area contributed by atoms with Gasteiger partial charge in [-0.1, -0.05) is 46.3 Å². The first-order valence-electron chi connectivity index (χ1n) is 7.78. The van der Waals surface area contributed by atoms with Crippen LogP contribution in [0.5, 0.6) is 0 Å². The van der Waals surface area contributed by atoms with Crippen LogP contribution in [0.2, 0.25) is 0 Å². The van der Waals surface area contributed by atoms with E-state index in [1.54, 1.807) is 0 Å². The molecule has 0 radical (unpaired) electrons. The normalized spacial score (nSPS) is 28.3. The summed E-state index contributed by atoms with van der Waals surface area (Å²) in [6, 6.07) is 8.47. The second-order valence-corrected chi connectivity index (χ2v) is 7.20. The molecule has 1 aliphatic heterocycles. The van der Waals surface area contributed by atoms with E-state index >= 15 is 0 Å². The molecule has 7 heteroatoms. The molecule has 0 aromatic heterocycles. The van der Waals surface area contributed by atoms with Crippen LogP contribution >= 0.6 is 15.9 Å². The summed E-state index contributed by atoms with van der Waals surface area (Å²) in [6.07, 6.45) is 2.22. The predicted molar refractivity (Wildman–Crippen MR) is 88.9 cm³/mol. The van der Waals surface area contributed by atoms with Crippen LogP contribution in [0.15, 0.2) is 30.3 Å². The highest BCUT2D eigenvalue weighted by Crippen LogP contribution is 2.38. The smallest absolute Gasteiger partial charge is 0.305 e. The van der Waals surface area contributed by atoms with Crippen molar-refractivity contribution in [2.45, 2.75) is 42.2 Å². The van der Waals surface area contributed by atoms with Crippen molar-refractivity contribution in [3.63, 3.8) is 0 Å². The molecular formula is C16H20BrN3O3. The van der Waals surface area contributed by atoms with Gasteiger partial charge in [-0.2, -0.15) is 0 Å². The summed E-state index contributed by atoms with van der Waals surface area (Å²) in [5, 5.41) is 12.0. The number of rotatable bonds is 6. The fraction of sp³-hybridized carbons (Fsp3) is 0.500. The highest BCUT2D eigenvalue weighted by Gasteiger charge is 2.45. The van der Waals surface area contributed by atoms with Gasteiger partial charge in [0.1, 0.15) is 6.04 Å². The lowest BCUT2D eigenvalue weighted by molar-refractivity contribution is -0.137. The molecular weight excluding hydrogens is 362 g/mol. The van der Waals surface area contributed by atoms with Crippen molar-refractivity contribution in [1.82, 2.24) is 16.2 Å². The molecule has 124 valence electrons. The average Bonchev–Trinajstić information content (AvgIpc) is 3.29. The highest BCUT2D eigenvalue weighted by atomic mass is 79.9. The van der Waals surface area contributed by atoms with Crippen LogP contribution in [0.1, 0.15) is 30.9 Å². The molecule has 2 aliphatic rings. The zero-order valence-corrected chi connectivity index (χ0v) is 14.1. The topological polar surface area (TPSA) is 90.5 Å². The van der Waals surface area contributed by atoms with Gasteiger partial charge in [-0.15, -0.1) is 0 Å². The molecule has 4 N–H and O–H groups in total. The average molecular weight is 382 g/mol. The number of carboxylic acid groups (broad SMARTS) is 1. The van der Waals surface area contributed by atoms with Crippen LogP contribution in [0, 0.1) is 5.92 Å². The lowest BCUT2D eigenvalue weighted by Gasteiger charge is -2.21. The molecule has 3 rings (SSSR count). The maximum Gasteiger partial charge on any atom is 0.305 e. The van der Waals surface area contributed by atoms with Gasteiger partial charge in [0.25, 0.3) is 0 Å². The number of alkyl halides is 1. The Morgan fingerprint density at radius 2 is 1.96 bits per heavy atom. The fourth-order valence-electron chi connectivity index (χ4n) is 2.97. The van der Waals surface area contributed by atoms with E-state index in [-0.39, 0.29) is 23.2 Å². The van der Waals surface area contributed by atoms with E-state index in [0.29, 0.717) is 5.92 Å². The molecule has 1 aromatic rings. The van der Waals surface area contributed by atoms with Crippen molar-refractivity contribution >= 4 is 27.8 Å². The van der Waals surface area contributed by atoms with Crippen LogP contribution in [0.4, 0.5) is 0 Å². The number of hydrogen-bond acceptors (Lipinski definition) is 4. The first kappa shape index (κ1) is 16.4. The Kier molecular flexibility index (Phi) is 4.99. The molecule has 4 atom stereocenters. The summed E-state index contributed by atoms with van der Waals surface area (Å²) in [7, 11) is 0. The Morgan fingerprint density at radius 3 is 2.57 bits per heavy atom. The van der Waals surface area contributed by atoms with E-state index in [9.17, 15) is 9.59 Å². The minimum absolute atomic E-state index is 0.00347. The number of halogens is 1. The van der Waals surface area contributed by atoms with Crippen molar-refractivity contribution in [2.75, 3.05) is 0 Å². The minimum atomic E-state index is -0.942. The van der Waals surface area contributed by atoms with Gasteiger partial charge in [0, 0.05) is 6.04 Å². The number of carboxylic acids is 1. The Hall–Kier alpha value is -1.44. The van der Waals surface area contributed by atoms with Crippen molar-refractivity contribution in [3.8, 4) is 0 Å². The van der Waals surface area contributed by atoms with Gasteiger partial charge < -0.3 is 10.4 Å². The Morgan fingerprint density at radius 1 is 1.26 bits per heavy atom. The highest BCUT2D eigenvalue weighted by molar-refractivity contribution is 9.09. The van der Waals surface area contributed by atoms with Gasteiger partial charge in [0.15, 0.2) is 0 Å². The van der Waals surface area contributed by atoms with Crippen LogP contribution in [-0.4, -0.2) is 33.9 Å². The number of hydrazine groups is 1. The molecule has 0 bridgehead atoms. The number of nitrogens with one attached hydrogen (secondary N) is 3. The van der Waals surface area contributed by atoms with E-state index in [2.05, 4.69) is 32.1 Å². The van der Waals surface area contributed by atoms with Crippen LogP contribution in [-0.2, 0) is 9.59 Å². The van der Waals surface area contributed by atoms with E-state index in [4.69, 9.17) is 5.11 Å². The summed E-state index contributed by atoms with van der Waals surface area (Å²) in [5.41, 5.74) is 7.00. The van der Waals surface area contributed by atoms with Gasteiger partial charge in [0.2, 0.25) is 5.91 Å². The van der Waals surface area contributed by atoms with Gasteiger partial charge in [0.05, 0.1) is 17.3 Å². The molecule has 1 saturated heterocycles. The van der Waals surface area contributed by atoms with E-state index in [1.807, 2.05) is 30.3 Å². The first-order chi connectivity index (χ1) is 11.1. The second-order valence-electron chi connectivity index (χ2n) is 6.14. The number of aliphatic carboxylic acids is 1. The summed E-state index contributed by atoms with van der Waals surface area (Å²) < 4.78 is 0. The maximum absolute atomic E-state index is 12.6. The molecule has 1 heterocycles. The standard InChI is InChI=1S/C16H20BrN3O3/c17-13-14(10-6-7-10)19-20-15(13)16(23)18-11(8-12(21)22)9-4-2-1-3-5-9/h1-5,10-11,13-15,19-20H,6-8H2,(H,18,23)(H,21,22). The molecule has 0 spiro atoms. The molecule has 4 unspecified atom stereocenters. The summed E-state index contributed by atoms with van der Waals surface area (Å²) in [6.45, 7) is 0. The number of benzene rings is 1. The third-order valence-electron chi connectivity index (χ3n) is 4.38. The molecule has 1 saturated carbocycles. The minimum Gasteiger partial charge on any atom is -0.481 e. The quantitative estimate of drug-likeness (QED) is 0.558. The molecule has 23 heavy (non-hydrogen) atoms. The lowest BCUT2D eigenvalue weighted by atomic mass is 10.0. The molecule has 6 nitrogen and oxygen atoms in total. The second kappa shape index (κ2) is 6.98. The Balaban J connectivity index is 1.67. The van der Waals surface area contributed by atoms with E-state index in [0.717, 1.165) is 5.56 Å². The van der Waals surface area contributed by atoms with Gasteiger partial charge in [-0.05, 0) is 24.3 Å². The van der Waals surface area contributed by atoms with Crippen molar-refractivity contribution in [1.29, 1.82) is 0 Å². The SMILES string of the molecule is O=C(O)CC(NC(=O)C1NNC(C2CC2)C1Br)c1ccccc1. The van der Waals surface area contributed by atoms with Gasteiger partial charge >= 0.3 is 5.97 Å². The van der Waals surface area contributed by atoms with Crippen LogP contribution in [0.3, 0.4) is 0 Å². The number of amides is 1. The number of carbonyl (C=O) groups is 2. The zero-order chi connectivity index (χ0) is 16.4. The van der Waals surface area contributed by atoms with Gasteiger partial charge in [-0.25, -0.2) is 5.43 Å². The molecule has 1 amide bonds. The first-order valence-corrected chi connectivity index (χ1v) is 8.70. The summed E-state index contributed by atoms with van der Waals surface area (Å²) >= 11 is 3.61. The lowest BCUT2D eigenvalue weighted by Crippen LogP contribution is -2.47. The fourth-order valence-corrected chi connectivity index (χ4v) is 3.91. The molecule has 1 aliphatic carbocycles. The van der Waals surface area contributed by atoms with E-state index in [1.165, 1.54) is 12.8 Å². The monoisotopic (exact) mass is 381 g/mol. The maximum atomic E-state index is 12.6. The summed E-state index contributed by atoms with van der Waals surface area (Å²) in [5.74, 6) is -0.533.